The highest BCUT2D eigenvalue weighted by Gasteiger charge is 2.55. The molecular formula is C16H27NO. The molecule has 1 N–H and O–H groups in total. The number of hydrogen-bond acceptors (Lipinski definition) is 2. The molecular weight excluding hydrogens is 222 g/mol. The molecule has 0 aromatic carbocycles. The van der Waals surface area contributed by atoms with E-state index in [1.807, 2.05) is 0 Å². The molecule has 0 aromatic rings. The lowest BCUT2D eigenvalue weighted by atomic mass is 9.64. The Morgan fingerprint density at radius 2 is 1.44 bits per heavy atom. The Balaban J connectivity index is 2.23. The van der Waals surface area contributed by atoms with Crippen LogP contribution in [0.5, 0.6) is 0 Å². The van der Waals surface area contributed by atoms with Crippen molar-refractivity contribution in [3.63, 3.8) is 0 Å². The largest absolute Gasteiger partial charge is 0.388 e. The van der Waals surface area contributed by atoms with Crippen LogP contribution >= 0.6 is 0 Å². The maximum atomic E-state index is 11.1. The molecule has 0 aliphatic heterocycles. The fraction of sp³-hybridized carbons (Fsp3) is 0.938. The minimum Gasteiger partial charge on any atom is -0.388 e. The molecule has 1 unspecified atom stereocenters. The topological polar surface area (TPSA) is 44.0 Å². The maximum absolute atomic E-state index is 11.1. The molecule has 2 aliphatic rings. The van der Waals surface area contributed by atoms with Crippen molar-refractivity contribution in [2.45, 2.75) is 83.7 Å². The smallest absolute Gasteiger partial charge is 0.0860 e. The second-order valence-corrected chi connectivity index (χ2v) is 7.33. The average molecular weight is 249 g/mol. The Kier molecular flexibility index (Phi) is 3.74. The van der Waals surface area contributed by atoms with Crippen LogP contribution in [0, 0.1) is 22.2 Å². The van der Waals surface area contributed by atoms with Crippen molar-refractivity contribution in [3.8, 4) is 6.07 Å². The summed E-state index contributed by atoms with van der Waals surface area (Å²) in [6.07, 6.45) is 10.4. The molecule has 0 spiro atoms. The van der Waals surface area contributed by atoms with E-state index in [1.54, 1.807) is 0 Å². The van der Waals surface area contributed by atoms with E-state index >= 15 is 0 Å². The van der Waals surface area contributed by atoms with E-state index in [4.69, 9.17) is 0 Å². The number of aliphatic hydroxyl groups is 1. The predicted octanol–water partition coefficient (Wildman–Crippen LogP) is 4.18. The van der Waals surface area contributed by atoms with E-state index in [0.29, 0.717) is 0 Å². The molecule has 102 valence electrons. The highest BCUT2D eigenvalue weighted by Crippen LogP contribution is 2.55. The van der Waals surface area contributed by atoms with E-state index in [2.05, 4.69) is 19.9 Å². The van der Waals surface area contributed by atoms with Crippen LogP contribution in [0.2, 0.25) is 0 Å². The summed E-state index contributed by atoms with van der Waals surface area (Å²) in [6.45, 7) is 4.44. The van der Waals surface area contributed by atoms with Gasteiger partial charge >= 0.3 is 0 Å². The Labute approximate surface area is 111 Å². The molecule has 0 amide bonds. The molecule has 18 heavy (non-hydrogen) atoms. The van der Waals surface area contributed by atoms with Gasteiger partial charge in [-0.1, -0.05) is 46.0 Å². The van der Waals surface area contributed by atoms with Gasteiger partial charge in [-0.25, -0.2) is 0 Å². The van der Waals surface area contributed by atoms with Crippen LogP contribution in [-0.4, -0.2) is 10.7 Å². The van der Waals surface area contributed by atoms with Crippen LogP contribution in [0.15, 0.2) is 0 Å². The summed E-state index contributed by atoms with van der Waals surface area (Å²) in [7, 11) is 0. The maximum Gasteiger partial charge on any atom is 0.0860 e. The lowest BCUT2D eigenvalue weighted by molar-refractivity contribution is -0.0684. The summed E-state index contributed by atoms with van der Waals surface area (Å²) in [4.78, 5) is 0. The van der Waals surface area contributed by atoms with Crippen LogP contribution in [0.3, 0.4) is 0 Å². The summed E-state index contributed by atoms with van der Waals surface area (Å²) in [5.74, 6) is 0. The molecule has 1 atom stereocenters. The minimum atomic E-state index is -0.734. The van der Waals surface area contributed by atoms with E-state index < -0.39 is 11.0 Å². The lowest BCUT2D eigenvalue weighted by Gasteiger charge is -2.42. The third-order valence-corrected chi connectivity index (χ3v) is 5.30. The molecule has 0 radical (unpaired) electrons. The fourth-order valence-electron chi connectivity index (χ4n) is 4.11. The summed E-state index contributed by atoms with van der Waals surface area (Å²) in [5, 5.41) is 20.8. The molecule has 0 heterocycles. The molecule has 0 aromatic heterocycles. The van der Waals surface area contributed by atoms with Crippen LogP contribution in [0.4, 0.5) is 0 Å². The first-order valence-electron chi connectivity index (χ1n) is 7.57. The van der Waals surface area contributed by atoms with Crippen molar-refractivity contribution in [2.75, 3.05) is 0 Å². The zero-order chi connectivity index (χ0) is 13.3. The van der Waals surface area contributed by atoms with Crippen molar-refractivity contribution >= 4 is 0 Å². The molecule has 0 bridgehead atoms. The summed E-state index contributed by atoms with van der Waals surface area (Å²) in [6, 6.07) is 2.56. The summed E-state index contributed by atoms with van der Waals surface area (Å²) in [5.41, 5.74) is -1.01. The van der Waals surface area contributed by atoms with Gasteiger partial charge in [-0.05, 0) is 37.5 Å². The highest BCUT2D eigenvalue weighted by molar-refractivity contribution is 5.15. The van der Waals surface area contributed by atoms with Crippen molar-refractivity contribution in [1.82, 2.24) is 0 Å². The zero-order valence-electron chi connectivity index (χ0n) is 12.0. The quantitative estimate of drug-likeness (QED) is 0.757. The minimum absolute atomic E-state index is 0.195. The van der Waals surface area contributed by atoms with E-state index in [1.165, 1.54) is 19.3 Å². The van der Waals surface area contributed by atoms with Gasteiger partial charge in [0.25, 0.3) is 0 Å². The van der Waals surface area contributed by atoms with Crippen molar-refractivity contribution in [1.29, 1.82) is 5.26 Å². The summed E-state index contributed by atoms with van der Waals surface area (Å²) >= 11 is 0. The van der Waals surface area contributed by atoms with Crippen molar-refractivity contribution < 1.29 is 5.11 Å². The van der Waals surface area contributed by atoms with Crippen LogP contribution in [-0.2, 0) is 0 Å². The first-order valence-corrected chi connectivity index (χ1v) is 7.57. The monoisotopic (exact) mass is 249 g/mol. The third-order valence-electron chi connectivity index (χ3n) is 5.30. The molecule has 2 rings (SSSR count). The average Bonchev–Trinajstić information content (AvgIpc) is 2.55. The van der Waals surface area contributed by atoms with Crippen LogP contribution < -0.4 is 0 Å². The molecule has 2 aliphatic carbocycles. The van der Waals surface area contributed by atoms with E-state index in [9.17, 15) is 10.4 Å². The first-order chi connectivity index (χ1) is 8.43. The van der Waals surface area contributed by atoms with Crippen molar-refractivity contribution in [3.05, 3.63) is 0 Å². The van der Waals surface area contributed by atoms with Gasteiger partial charge in [0.1, 0.15) is 0 Å². The second-order valence-electron chi connectivity index (χ2n) is 7.33. The number of nitrogens with zero attached hydrogens (tertiary/aromatic N) is 1. The van der Waals surface area contributed by atoms with E-state index in [-0.39, 0.29) is 5.41 Å². The normalized spacial score (nSPS) is 35.4. The van der Waals surface area contributed by atoms with Gasteiger partial charge in [-0.3, -0.25) is 0 Å². The van der Waals surface area contributed by atoms with Gasteiger partial charge < -0.3 is 5.11 Å². The molecule has 2 fully saturated rings. The Morgan fingerprint density at radius 3 is 1.89 bits per heavy atom. The van der Waals surface area contributed by atoms with Crippen LogP contribution in [0.1, 0.15) is 78.1 Å². The van der Waals surface area contributed by atoms with Crippen molar-refractivity contribution in [2.24, 2.45) is 10.8 Å². The Morgan fingerprint density at radius 1 is 0.889 bits per heavy atom. The van der Waals surface area contributed by atoms with Crippen LogP contribution in [0.25, 0.3) is 0 Å². The van der Waals surface area contributed by atoms with Gasteiger partial charge in [-0.15, -0.1) is 0 Å². The first kappa shape index (κ1) is 13.9. The standard InChI is InChI=1S/C16H27NO/c1-14(2)10-11-16(18,12-14)15(13-17)8-6-4-3-5-7-9-15/h18H,3-12H2,1-2H3. The Bertz CT molecular complexity index is 333. The SMILES string of the molecule is CC1(C)CCC(O)(C2(C#N)CCCCCCC2)C1. The zero-order valence-corrected chi connectivity index (χ0v) is 12.0. The fourth-order valence-corrected chi connectivity index (χ4v) is 4.11. The van der Waals surface area contributed by atoms with Gasteiger partial charge in [-0.2, -0.15) is 5.26 Å². The van der Waals surface area contributed by atoms with Gasteiger partial charge in [0.15, 0.2) is 0 Å². The predicted molar refractivity (Wildman–Crippen MR) is 72.9 cm³/mol. The number of hydrogen-bond donors (Lipinski definition) is 1. The number of nitriles is 1. The Hall–Kier alpha value is -0.550. The lowest BCUT2D eigenvalue weighted by Crippen LogP contribution is -2.46. The second kappa shape index (κ2) is 4.85. The summed E-state index contributed by atoms with van der Waals surface area (Å²) < 4.78 is 0. The molecule has 0 saturated heterocycles. The number of rotatable bonds is 1. The van der Waals surface area contributed by atoms with Gasteiger partial charge in [0, 0.05) is 0 Å². The molecule has 2 nitrogen and oxygen atoms in total. The molecule has 2 heteroatoms. The highest BCUT2D eigenvalue weighted by atomic mass is 16.3. The molecule has 2 saturated carbocycles. The van der Waals surface area contributed by atoms with Gasteiger partial charge in [0.2, 0.25) is 0 Å². The third kappa shape index (κ3) is 2.43. The van der Waals surface area contributed by atoms with E-state index in [0.717, 1.165) is 44.9 Å². The van der Waals surface area contributed by atoms with Gasteiger partial charge in [0.05, 0.1) is 17.1 Å².